The summed E-state index contributed by atoms with van der Waals surface area (Å²) < 4.78 is 0. The number of fused-ring (bicyclic) bond motifs is 1. The van der Waals surface area contributed by atoms with E-state index in [9.17, 15) is 14.4 Å². The molecule has 1 aromatic carbocycles. The maximum Gasteiger partial charge on any atom is 0.237 e. The van der Waals surface area contributed by atoms with Gasteiger partial charge in [-0.15, -0.1) is 0 Å². The van der Waals surface area contributed by atoms with Crippen LogP contribution in [0.25, 0.3) is 0 Å². The molecule has 0 unspecified atom stereocenters. The van der Waals surface area contributed by atoms with E-state index in [4.69, 9.17) is 0 Å². The minimum absolute atomic E-state index is 0.0271. The number of benzene rings is 1. The molecule has 6 atom stereocenters. The maximum absolute atomic E-state index is 13.0. The highest BCUT2D eigenvalue weighted by atomic mass is 16.2. The molecule has 0 radical (unpaired) electrons. The second kappa shape index (κ2) is 4.31. The summed E-state index contributed by atoms with van der Waals surface area (Å²) in [5, 5.41) is 0. The largest absolute Gasteiger partial charge is 0.295 e. The molecule has 0 N–H and O–H groups in total. The van der Waals surface area contributed by atoms with Gasteiger partial charge in [0.05, 0.1) is 17.5 Å². The van der Waals surface area contributed by atoms with E-state index in [1.54, 1.807) is 24.3 Å². The fourth-order valence-electron chi connectivity index (χ4n) is 5.66. The Kier molecular flexibility index (Phi) is 2.52. The molecule has 4 aliphatic carbocycles. The van der Waals surface area contributed by atoms with Gasteiger partial charge in [-0.1, -0.05) is 12.1 Å². The van der Waals surface area contributed by atoms with Crippen LogP contribution in [-0.2, 0) is 9.59 Å². The van der Waals surface area contributed by atoms with Gasteiger partial charge in [-0.05, 0) is 62.0 Å². The third kappa shape index (κ3) is 1.64. The molecule has 4 heteroatoms. The van der Waals surface area contributed by atoms with Gasteiger partial charge in [0.1, 0.15) is 0 Å². The van der Waals surface area contributed by atoms with Crippen LogP contribution < -0.4 is 4.90 Å². The molecule has 1 aliphatic heterocycles. The van der Waals surface area contributed by atoms with Crippen LogP contribution in [0.5, 0.6) is 0 Å². The van der Waals surface area contributed by atoms with Crippen molar-refractivity contribution in [1.29, 1.82) is 0 Å². The normalized spacial score (nSPS) is 40.1. The van der Waals surface area contributed by atoms with Crippen molar-refractivity contribution in [3.05, 3.63) is 29.8 Å². The van der Waals surface area contributed by atoms with Gasteiger partial charge >= 0.3 is 0 Å². The van der Waals surface area contributed by atoms with Crippen LogP contribution >= 0.6 is 0 Å². The first-order valence-corrected chi connectivity index (χ1v) is 8.56. The van der Waals surface area contributed by atoms with E-state index in [0.717, 1.165) is 12.8 Å². The summed E-state index contributed by atoms with van der Waals surface area (Å²) in [7, 11) is 0. The van der Waals surface area contributed by atoms with Crippen LogP contribution in [-0.4, -0.2) is 17.6 Å². The molecular formula is C19H19NO3. The molecule has 5 aliphatic rings. The summed E-state index contributed by atoms with van der Waals surface area (Å²) in [5.74, 6) is 1.88. The molecule has 6 rings (SSSR count). The SMILES string of the molecule is CC(=O)c1cccc(N2C(=O)[C@@H]3[C@@H]4CC[C@@H]([C@@H]5C[C@@H]54)[C@@H]3C2=O)c1. The van der Waals surface area contributed by atoms with Crippen LogP contribution in [0.15, 0.2) is 24.3 Å². The lowest BCUT2D eigenvalue weighted by molar-refractivity contribution is -0.129. The second-order valence-electron chi connectivity index (χ2n) is 7.64. The molecule has 4 nitrogen and oxygen atoms in total. The Morgan fingerprint density at radius 3 is 2.17 bits per heavy atom. The minimum Gasteiger partial charge on any atom is -0.295 e. The zero-order valence-corrected chi connectivity index (χ0v) is 13.1. The molecule has 1 aromatic rings. The zero-order valence-electron chi connectivity index (χ0n) is 13.1. The van der Waals surface area contributed by atoms with Crippen molar-refractivity contribution in [3.63, 3.8) is 0 Å². The Balaban J connectivity index is 1.56. The summed E-state index contributed by atoms with van der Waals surface area (Å²) in [6, 6.07) is 6.92. The van der Waals surface area contributed by atoms with Gasteiger partial charge in [0.2, 0.25) is 11.8 Å². The van der Waals surface area contributed by atoms with Gasteiger partial charge < -0.3 is 0 Å². The number of carbonyl (C=O) groups is 3. The van der Waals surface area contributed by atoms with Gasteiger partial charge in [0.25, 0.3) is 0 Å². The number of nitrogens with zero attached hydrogens (tertiary/aromatic N) is 1. The van der Waals surface area contributed by atoms with Crippen LogP contribution in [0.4, 0.5) is 5.69 Å². The zero-order chi connectivity index (χ0) is 15.9. The topological polar surface area (TPSA) is 54.5 Å². The lowest BCUT2D eigenvalue weighted by Gasteiger charge is -2.42. The van der Waals surface area contributed by atoms with Crippen LogP contribution in [0, 0.1) is 35.5 Å². The van der Waals surface area contributed by atoms with E-state index in [1.807, 2.05) is 0 Å². The first-order chi connectivity index (χ1) is 11.1. The van der Waals surface area contributed by atoms with Crippen molar-refractivity contribution in [3.8, 4) is 0 Å². The smallest absolute Gasteiger partial charge is 0.237 e. The van der Waals surface area contributed by atoms with Crippen LogP contribution in [0.3, 0.4) is 0 Å². The number of hydrogen-bond donors (Lipinski definition) is 0. The Hall–Kier alpha value is -1.97. The number of ketones is 1. The molecule has 5 fully saturated rings. The van der Waals surface area contributed by atoms with E-state index in [0.29, 0.717) is 34.9 Å². The summed E-state index contributed by atoms with van der Waals surface area (Å²) in [5.41, 5.74) is 1.11. The van der Waals surface area contributed by atoms with E-state index >= 15 is 0 Å². The van der Waals surface area contributed by atoms with E-state index in [-0.39, 0.29) is 29.4 Å². The van der Waals surface area contributed by atoms with Crippen molar-refractivity contribution in [2.24, 2.45) is 35.5 Å². The van der Waals surface area contributed by atoms with Crippen LogP contribution in [0.2, 0.25) is 0 Å². The molecule has 0 aromatic heterocycles. The summed E-state index contributed by atoms with van der Waals surface area (Å²) in [6.45, 7) is 1.50. The quantitative estimate of drug-likeness (QED) is 0.623. The number of amides is 2. The number of hydrogen-bond acceptors (Lipinski definition) is 3. The van der Waals surface area contributed by atoms with Crippen molar-refractivity contribution in [1.82, 2.24) is 0 Å². The van der Waals surface area contributed by atoms with Gasteiger partial charge in [-0.2, -0.15) is 0 Å². The number of imide groups is 1. The third-order valence-electron chi connectivity index (χ3n) is 6.66. The monoisotopic (exact) mass is 309 g/mol. The number of Topliss-reactive ketones (excluding diaryl/α,β-unsaturated/α-hetero) is 1. The van der Waals surface area contributed by atoms with E-state index in [1.165, 1.54) is 18.2 Å². The van der Waals surface area contributed by atoms with E-state index in [2.05, 4.69) is 0 Å². The highest BCUT2D eigenvalue weighted by Gasteiger charge is 2.68. The third-order valence-corrected chi connectivity index (χ3v) is 6.66. The molecule has 0 spiro atoms. The highest BCUT2D eigenvalue weighted by molar-refractivity contribution is 6.22. The van der Waals surface area contributed by atoms with Crippen molar-refractivity contribution in [2.75, 3.05) is 4.90 Å². The molecule has 23 heavy (non-hydrogen) atoms. The fourth-order valence-corrected chi connectivity index (χ4v) is 5.66. The molecular weight excluding hydrogens is 290 g/mol. The van der Waals surface area contributed by atoms with Gasteiger partial charge in [0.15, 0.2) is 5.78 Å². The molecule has 2 amide bonds. The first kappa shape index (κ1) is 13.5. The summed E-state index contributed by atoms with van der Waals surface area (Å²) in [4.78, 5) is 39.0. The molecule has 2 bridgehead atoms. The molecule has 1 heterocycles. The molecule has 1 saturated heterocycles. The Morgan fingerprint density at radius 2 is 1.61 bits per heavy atom. The summed E-state index contributed by atoms with van der Waals surface area (Å²) in [6.07, 6.45) is 3.43. The predicted molar refractivity (Wildman–Crippen MR) is 83.7 cm³/mol. The Labute approximate surface area is 134 Å². The van der Waals surface area contributed by atoms with Crippen molar-refractivity contribution >= 4 is 23.3 Å². The van der Waals surface area contributed by atoms with Gasteiger partial charge in [-0.3, -0.25) is 19.3 Å². The van der Waals surface area contributed by atoms with Crippen molar-refractivity contribution < 1.29 is 14.4 Å². The maximum atomic E-state index is 13.0. The Morgan fingerprint density at radius 1 is 1.00 bits per heavy atom. The highest BCUT2D eigenvalue weighted by Crippen LogP contribution is 2.68. The molecule has 118 valence electrons. The molecule has 4 saturated carbocycles. The minimum atomic E-state index is -0.106. The number of rotatable bonds is 2. The van der Waals surface area contributed by atoms with Crippen LogP contribution in [0.1, 0.15) is 36.5 Å². The first-order valence-electron chi connectivity index (χ1n) is 8.56. The predicted octanol–water partition coefficient (Wildman–Crippen LogP) is 2.67. The lowest BCUT2D eigenvalue weighted by Crippen LogP contribution is -2.43. The average Bonchev–Trinajstić information content (AvgIpc) is 3.32. The number of carbonyl (C=O) groups excluding carboxylic acids is 3. The van der Waals surface area contributed by atoms with Crippen molar-refractivity contribution in [2.45, 2.75) is 26.2 Å². The second-order valence-corrected chi connectivity index (χ2v) is 7.64. The standard InChI is InChI=1S/C19H19NO3/c1-9(21)10-3-2-4-11(7-10)20-18(22)16-12-5-6-13(15-8-14(12)15)17(16)19(20)23/h2-4,7,12-17H,5-6,8H2,1H3/t12-,13+,14-,15+,16-,17+. The van der Waals surface area contributed by atoms with Gasteiger partial charge in [0, 0.05) is 5.56 Å². The number of anilines is 1. The Bertz CT molecular complexity index is 721. The van der Waals surface area contributed by atoms with E-state index < -0.39 is 0 Å². The van der Waals surface area contributed by atoms with Gasteiger partial charge in [-0.25, -0.2) is 0 Å². The lowest BCUT2D eigenvalue weighted by atomic mass is 9.59. The summed E-state index contributed by atoms with van der Waals surface area (Å²) >= 11 is 0. The average molecular weight is 309 g/mol. The fraction of sp³-hybridized carbons (Fsp3) is 0.526.